The van der Waals surface area contributed by atoms with Gasteiger partial charge in [-0.1, -0.05) is 0 Å². The molecule has 5 nitrogen and oxygen atoms in total. The van der Waals surface area contributed by atoms with E-state index in [9.17, 15) is 4.79 Å². The summed E-state index contributed by atoms with van der Waals surface area (Å²) in [6.07, 6.45) is 4.93. The zero-order valence-electron chi connectivity index (χ0n) is 9.23. The summed E-state index contributed by atoms with van der Waals surface area (Å²) in [6.45, 7) is 2.46. The molecule has 0 radical (unpaired) electrons. The number of rotatable bonds is 5. The number of nitrogens with zero attached hydrogens (tertiary/aromatic N) is 2. The van der Waals surface area contributed by atoms with Crippen LogP contribution in [-0.4, -0.2) is 28.3 Å². The maximum absolute atomic E-state index is 11.2. The lowest BCUT2D eigenvalue weighted by molar-refractivity contribution is -0.121. The van der Waals surface area contributed by atoms with E-state index in [1.807, 2.05) is 20.2 Å². The van der Waals surface area contributed by atoms with Gasteiger partial charge in [0.25, 0.3) is 0 Å². The molecule has 0 aliphatic rings. The summed E-state index contributed by atoms with van der Waals surface area (Å²) in [5, 5.41) is 6.86. The van der Waals surface area contributed by atoms with Gasteiger partial charge in [-0.3, -0.25) is 9.48 Å². The molecule has 0 fully saturated rings. The Balaban J connectivity index is 2.19. The van der Waals surface area contributed by atoms with Crippen LogP contribution in [0.2, 0.25) is 0 Å². The minimum absolute atomic E-state index is 0.00823. The highest BCUT2D eigenvalue weighted by Crippen LogP contribution is 1.96. The lowest BCUT2D eigenvalue weighted by Crippen LogP contribution is -2.31. The predicted molar refractivity (Wildman–Crippen MR) is 58.2 cm³/mol. The zero-order valence-corrected chi connectivity index (χ0v) is 9.23. The lowest BCUT2D eigenvalue weighted by atomic mass is 10.2. The van der Waals surface area contributed by atoms with Crippen LogP contribution in [0, 0.1) is 0 Å². The van der Waals surface area contributed by atoms with Crippen LogP contribution in [0.1, 0.15) is 18.9 Å². The van der Waals surface area contributed by atoms with Gasteiger partial charge >= 0.3 is 0 Å². The first-order valence-corrected chi connectivity index (χ1v) is 5.07. The fraction of sp³-hybridized carbons (Fsp3) is 0.600. The van der Waals surface area contributed by atoms with Crippen molar-refractivity contribution in [3.05, 3.63) is 18.0 Å². The quantitative estimate of drug-likeness (QED) is 0.708. The monoisotopic (exact) mass is 210 g/mol. The Kier molecular flexibility index (Phi) is 4.30. The van der Waals surface area contributed by atoms with Crippen molar-refractivity contribution in [1.29, 1.82) is 0 Å². The number of hydrogen-bond donors (Lipinski definition) is 2. The fourth-order valence-corrected chi connectivity index (χ4v) is 1.31. The summed E-state index contributed by atoms with van der Waals surface area (Å²) >= 11 is 0. The number of hydrogen-bond acceptors (Lipinski definition) is 3. The maximum atomic E-state index is 11.2. The Morgan fingerprint density at radius 3 is 3.00 bits per heavy atom. The Hall–Kier alpha value is -1.36. The second-order valence-corrected chi connectivity index (χ2v) is 3.80. The number of aromatic nitrogens is 2. The van der Waals surface area contributed by atoms with Crippen molar-refractivity contribution in [2.45, 2.75) is 25.8 Å². The molecule has 1 unspecified atom stereocenters. The number of carbonyl (C=O) groups excluding carboxylic acids is 1. The smallest absolute Gasteiger partial charge is 0.221 e. The first-order chi connectivity index (χ1) is 7.08. The molecule has 1 rings (SSSR count). The Bertz CT molecular complexity index is 319. The van der Waals surface area contributed by atoms with E-state index in [1.54, 1.807) is 10.9 Å². The van der Waals surface area contributed by atoms with Crippen molar-refractivity contribution in [2.75, 3.05) is 6.54 Å². The number of nitrogens with one attached hydrogen (secondary N) is 1. The molecule has 84 valence electrons. The third-order valence-corrected chi connectivity index (χ3v) is 2.00. The second-order valence-electron chi connectivity index (χ2n) is 3.80. The standard InChI is InChI=1S/C10H18N4O/c1-8(11)5-10(15)12-4-3-9-6-13-14(2)7-9/h6-8H,3-5,11H2,1-2H3,(H,12,15). The van der Waals surface area contributed by atoms with Crippen LogP contribution in [0.5, 0.6) is 0 Å². The van der Waals surface area contributed by atoms with E-state index in [-0.39, 0.29) is 11.9 Å². The van der Waals surface area contributed by atoms with Gasteiger partial charge in [-0.25, -0.2) is 0 Å². The molecule has 0 bridgehead atoms. The van der Waals surface area contributed by atoms with E-state index in [2.05, 4.69) is 10.4 Å². The van der Waals surface area contributed by atoms with E-state index in [1.165, 1.54) is 0 Å². The van der Waals surface area contributed by atoms with Gasteiger partial charge in [0.15, 0.2) is 0 Å². The van der Waals surface area contributed by atoms with E-state index in [4.69, 9.17) is 5.73 Å². The van der Waals surface area contributed by atoms with Crippen LogP contribution in [0.4, 0.5) is 0 Å². The van der Waals surface area contributed by atoms with Gasteiger partial charge in [-0.05, 0) is 18.9 Å². The van der Waals surface area contributed by atoms with Crippen LogP contribution < -0.4 is 11.1 Å². The number of nitrogens with two attached hydrogens (primary N) is 1. The molecular weight excluding hydrogens is 192 g/mol. The summed E-state index contributed by atoms with van der Waals surface area (Å²) < 4.78 is 1.75. The minimum atomic E-state index is -0.0802. The minimum Gasteiger partial charge on any atom is -0.356 e. The SMILES string of the molecule is CC(N)CC(=O)NCCc1cnn(C)c1. The molecule has 1 atom stereocenters. The van der Waals surface area contributed by atoms with Crippen molar-refractivity contribution in [2.24, 2.45) is 12.8 Å². The van der Waals surface area contributed by atoms with E-state index in [0.29, 0.717) is 13.0 Å². The molecule has 1 amide bonds. The van der Waals surface area contributed by atoms with Crippen molar-refractivity contribution in [3.63, 3.8) is 0 Å². The molecule has 0 aromatic carbocycles. The first-order valence-electron chi connectivity index (χ1n) is 5.07. The lowest BCUT2D eigenvalue weighted by Gasteiger charge is -2.05. The molecule has 0 aliphatic heterocycles. The van der Waals surface area contributed by atoms with E-state index in [0.717, 1.165) is 12.0 Å². The normalized spacial score (nSPS) is 12.5. The molecule has 3 N–H and O–H groups in total. The highest BCUT2D eigenvalue weighted by atomic mass is 16.1. The number of aryl methyl sites for hydroxylation is 1. The van der Waals surface area contributed by atoms with Crippen molar-refractivity contribution in [1.82, 2.24) is 15.1 Å². The molecule has 1 aromatic heterocycles. The molecular formula is C10H18N4O. The maximum Gasteiger partial charge on any atom is 0.221 e. The van der Waals surface area contributed by atoms with Crippen molar-refractivity contribution >= 4 is 5.91 Å². The summed E-state index contributed by atoms with van der Waals surface area (Å²) in [5.74, 6) is 0.00823. The third kappa shape index (κ3) is 4.60. The topological polar surface area (TPSA) is 72.9 Å². The van der Waals surface area contributed by atoms with Crippen LogP contribution in [0.15, 0.2) is 12.4 Å². The first kappa shape index (κ1) is 11.7. The van der Waals surface area contributed by atoms with Gasteiger partial charge in [0.05, 0.1) is 6.20 Å². The summed E-state index contributed by atoms with van der Waals surface area (Å²) in [6, 6.07) is -0.0802. The highest BCUT2D eigenvalue weighted by molar-refractivity contribution is 5.76. The van der Waals surface area contributed by atoms with Gasteiger partial charge in [0.1, 0.15) is 0 Å². The van der Waals surface area contributed by atoms with Gasteiger partial charge in [-0.2, -0.15) is 5.10 Å². The average molecular weight is 210 g/mol. The highest BCUT2D eigenvalue weighted by Gasteiger charge is 2.04. The van der Waals surface area contributed by atoms with Crippen LogP contribution >= 0.6 is 0 Å². The molecule has 15 heavy (non-hydrogen) atoms. The molecule has 0 saturated carbocycles. The Morgan fingerprint density at radius 2 is 2.47 bits per heavy atom. The third-order valence-electron chi connectivity index (χ3n) is 2.00. The van der Waals surface area contributed by atoms with Gasteiger partial charge in [0.2, 0.25) is 5.91 Å². The van der Waals surface area contributed by atoms with Gasteiger partial charge in [0, 0.05) is 32.3 Å². The Labute approximate surface area is 89.6 Å². The Morgan fingerprint density at radius 1 is 1.73 bits per heavy atom. The van der Waals surface area contributed by atoms with Crippen molar-refractivity contribution in [3.8, 4) is 0 Å². The largest absolute Gasteiger partial charge is 0.356 e. The van der Waals surface area contributed by atoms with Crippen LogP contribution in [0.25, 0.3) is 0 Å². The summed E-state index contributed by atoms with van der Waals surface area (Å²) in [7, 11) is 1.87. The zero-order chi connectivity index (χ0) is 11.3. The molecule has 1 aromatic rings. The average Bonchev–Trinajstić information content (AvgIpc) is 2.50. The predicted octanol–water partition coefficient (Wildman–Crippen LogP) is -0.184. The molecule has 5 heteroatoms. The van der Waals surface area contributed by atoms with E-state index >= 15 is 0 Å². The number of amides is 1. The number of carbonyl (C=O) groups is 1. The summed E-state index contributed by atoms with van der Waals surface area (Å²) in [4.78, 5) is 11.2. The van der Waals surface area contributed by atoms with Crippen molar-refractivity contribution < 1.29 is 4.79 Å². The molecule has 0 spiro atoms. The molecule has 0 saturated heterocycles. The van der Waals surface area contributed by atoms with Gasteiger partial charge < -0.3 is 11.1 Å². The van der Waals surface area contributed by atoms with E-state index < -0.39 is 0 Å². The van der Waals surface area contributed by atoms with Crippen LogP contribution in [-0.2, 0) is 18.3 Å². The van der Waals surface area contributed by atoms with Gasteiger partial charge in [-0.15, -0.1) is 0 Å². The summed E-state index contributed by atoms with van der Waals surface area (Å²) in [5.41, 5.74) is 6.63. The molecule has 1 heterocycles. The fourth-order valence-electron chi connectivity index (χ4n) is 1.31. The van der Waals surface area contributed by atoms with Crippen LogP contribution in [0.3, 0.4) is 0 Å². The second kappa shape index (κ2) is 5.50. The molecule has 0 aliphatic carbocycles.